The minimum absolute atomic E-state index is 0.0709. The number of fused-ring (bicyclic) bond motifs is 1. The number of carbonyl (C=O) groups excluding carboxylic acids is 2. The fourth-order valence-corrected chi connectivity index (χ4v) is 2.58. The number of nitrogens with one attached hydrogen (secondary N) is 1. The fraction of sp³-hybridized carbons (Fsp3) is 0.375. The third kappa shape index (κ3) is 3.01. The molecule has 124 valence electrons. The molecule has 1 heterocycles. The molecule has 1 unspecified atom stereocenters. The summed E-state index contributed by atoms with van der Waals surface area (Å²) in [7, 11) is 1.82. The van der Waals surface area contributed by atoms with Gasteiger partial charge in [-0.15, -0.1) is 0 Å². The third-order valence-corrected chi connectivity index (χ3v) is 4.13. The number of ether oxygens (including phenoxy) is 1. The molecule has 1 aromatic carbocycles. The number of nitriles is 1. The number of amides is 2. The minimum Gasteiger partial charge on any atom is -0.436 e. The summed E-state index contributed by atoms with van der Waals surface area (Å²) in [6.45, 7) is 0. The summed E-state index contributed by atoms with van der Waals surface area (Å²) in [6.07, 6.45) is -0.934. The number of carbonyl (C=O) groups is 2. The van der Waals surface area contributed by atoms with Gasteiger partial charge in [-0.25, -0.2) is 9.78 Å². The highest BCUT2D eigenvalue weighted by Crippen LogP contribution is 2.34. The molecule has 1 aromatic heterocycles. The van der Waals surface area contributed by atoms with Crippen molar-refractivity contribution in [3.05, 3.63) is 30.1 Å². The van der Waals surface area contributed by atoms with Gasteiger partial charge < -0.3 is 20.4 Å². The molecule has 3 N–H and O–H groups in total. The molecule has 0 spiro atoms. The highest BCUT2D eigenvalue weighted by atomic mass is 16.6. The van der Waals surface area contributed by atoms with Crippen LogP contribution in [0.3, 0.4) is 0 Å². The van der Waals surface area contributed by atoms with Gasteiger partial charge in [-0.2, -0.15) is 5.26 Å². The van der Waals surface area contributed by atoms with E-state index in [-0.39, 0.29) is 6.42 Å². The second-order valence-corrected chi connectivity index (χ2v) is 5.89. The molecule has 1 aliphatic carbocycles. The summed E-state index contributed by atoms with van der Waals surface area (Å²) in [4.78, 5) is 28.0. The van der Waals surface area contributed by atoms with E-state index in [2.05, 4.69) is 16.4 Å². The van der Waals surface area contributed by atoms with Crippen LogP contribution in [0.1, 0.15) is 18.7 Å². The van der Waals surface area contributed by atoms with E-state index >= 15 is 0 Å². The summed E-state index contributed by atoms with van der Waals surface area (Å²) in [5.74, 6) is 0.0410. The first kappa shape index (κ1) is 15.8. The van der Waals surface area contributed by atoms with Gasteiger partial charge in [-0.3, -0.25) is 4.79 Å². The lowest BCUT2D eigenvalue weighted by Gasteiger charge is -2.18. The molecule has 8 nitrogen and oxygen atoms in total. The lowest BCUT2D eigenvalue weighted by molar-refractivity contribution is -0.130. The van der Waals surface area contributed by atoms with Gasteiger partial charge in [0, 0.05) is 7.05 Å². The van der Waals surface area contributed by atoms with Crippen LogP contribution in [0.2, 0.25) is 0 Å². The van der Waals surface area contributed by atoms with Gasteiger partial charge in [-0.1, -0.05) is 12.1 Å². The molecule has 1 saturated carbocycles. The van der Waals surface area contributed by atoms with Crippen LogP contribution in [0.25, 0.3) is 11.0 Å². The molecule has 1 fully saturated rings. The highest BCUT2D eigenvalue weighted by molar-refractivity contribution is 5.85. The Kier molecular flexibility index (Phi) is 3.85. The lowest BCUT2D eigenvalue weighted by Crippen LogP contribution is -2.45. The summed E-state index contributed by atoms with van der Waals surface area (Å²) >= 11 is 0. The number of aryl methyl sites for hydroxylation is 1. The van der Waals surface area contributed by atoms with Crippen molar-refractivity contribution in [1.82, 2.24) is 14.9 Å². The minimum atomic E-state index is -1.14. The van der Waals surface area contributed by atoms with Crippen molar-refractivity contribution in [3.8, 4) is 6.07 Å². The van der Waals surface area contributed by atoms with E-state index in [4.69, 9.17) is 15.7 Å². The van der Waals surface area contributed by atoms with Gasteiger partial charge >= 0.3 is 6.09 Å². The maximum atomic E-state index is 12.4. The van der Waals surface area contributed by atoms with Crippen molar-refractivity contribution in [3.63, 3.8) is 0 Å². The maximum absolute atomic E-state index is 12.4. The molecule has 8 heteroatoms. The van der Waals surface area contributed by atoms with Crippen molar-refractivity contribution in [1.29, 1.82) is 5.26 Å². The second-order valence-electron chi connectivity index (χ2n) is 5.89. The predicted octanol–water partition coefficient (Wildman–Crippen LogP) is 0.752. The van der Waals surface area contributed by atoms with E-state index in [1.54, 1.807) is 0 Å². The predicted molar refractivity (Wildman–Crippen MR) is 84.6 cm³/mol. The first-order valence-electron chi connectivity index (χ1n) is 7.54. The van der Waals surface area contributed by atoms with Crippen molar-refractivity contribution in [2.75, 3.05) is 0 Å². The van der Waals surface area contributed by atoms with Gasteiger partial charge in [0.05, 0.1) is 23.5 Å². The zero-order chi connectivity index (χ0) is 17.3. The normalized spacial score (nSPS) is 16.2. The molecule has 2 amide bonds. The monoisotopic (exact) mass is 327 g/mol. The number of imidazole rings is 1. The number of rotatable bonds is 5. The van der Waals surface area contributed by atoms with Crippen LogP contribution in [0.15, 0.2) is 24.3 Å². The highest BCUT2D eigenvalue weighted by Gasteiger charge is 2.46. The average molecular weight is 327 g/mol. The van der Waals surface area contributed by atoms with Crippen LogP contribution in [0.4, 0.5) is 4.79 Å². The van der Waals surface area contributed by atoms with Crippen molar-refractivity contribution in [2.24, 2.45) is 12.8 Å². The Hall–Kier alpha value is -3.08. The van der Waals surface area contributed by atoms with Crippen LogP contribution in [0.5, 0.6) is 0 Å². The Morgan fingerprint density at radius 2 is 2.21 bits per heavy atom. The molecule has 0 saturated heterocycles. The average Bonchev–Trinajstić information content (AvgIpc) is 3.26. The maximum Gasteiger partial charge on any atom is 0.405 e. The molecule has 1 atom stereocenters. The smallest absolute Gasteiger partial charge is 0.405 e. The lowest BCUT2D eigenvalue weighted by atomic mass is 10.2. The summed E-state index contributed by atoms with van der Waals surface area (Å²) in [5, 5.41) is 11.7. The van der Waals surface area contributed by atoms with Crippen LogP contribution in [-0.4, -0.2) is 33.2 Å². The molecule has 0 radical (unpaired) electrons. The van der Waals surface area contributed by atoms with E-state index in [0.29, 0.717) is 18.7 Å². The quantitative estimate of drug-likeness (QED) is 0.839. The first-order chi connectivity index (χ1) is 11.4. The van der Waals surface area contributed by atoms with Crippen LogP contribution >= 0.6 is 0 Å². The van der Waals surface area contributed by atoms with Gasteiger partial charge in [0.25, 0.3) is 5.91 Å². The van der Waals surface area contributed by atoms with E-state index < -0.39 is 23.6 Å². The first-order valence-corrected chi connectivity index (χ1v) is 7.54. The van der Waals surface area contributed by atoms with Crippen LogP contribution in [0, 0.1) is 11.3 Å². The number of para-hydroxylation sites is 2. The Morgan fingerprint density at radius 3 is 2.79 bits per heavy atom. The fourth-order valence-electron chi connectivity index (χ4n) is 2.58. The van der Waals surface area contributed by atoms with Crippen molar-refractivity contribution in [2.45, 2.75) is 30.9 Å². The Balaban J connectivity index is 1.83. The van der Waals surface area contributed by atoms with Gasteiger partial charge in [-0.05, 0) is 25.0 Å². The van der Waals surface area contributed by atoms with Crippen LogP contribution in [-0.2, 0) is 23.0 Å². The molecular weight excluding hydrogens is 310 g/mol. The number of benzene rings is 1. The summed E-state index contributed by atoms with van der Waals surface area (Å²) < 4.78 is 6.78. The van der Waals surface area contributed by atoms with Gasteiger partial charge in [0.1, 0.15) is 11.4 Å². The number of hydrogen-bond acceptors (Lipinski definition) is 5. The van der Waals surface area contributed by atoms with Gasteiger partial charge in [0.15, 0.2) is 6.10 Å². The summed E-state index contributed by atoms with van der Waals surface area (Å²) in [5.41, 5.74) is 5.92. The molecule has 0 aliphatic heterocycles. The molecule has 2 aromatic rings. The molecule has 1 aliphatic rings. The van der Waals surface area contributed by atoms with E-state index in [0.717, 1.165) is 11.0 Å². The summed E-state index contributed by atoms with van der Waals surface area (Å²) in [6, 6.07) is 9.59. The Morgan fingerprint density at radius 1 is 1.50 bits per heavy atom. The van der Waals surface area contributed by atoms with E-state index in [1.165, 1.54) is 0 Å². The Labute approximate surface area is 138 Å². The third-order valence-electron chi connectivity index (χ3n) is 4.13. The SMILES string of the molecule is Cn1c(CC(OC(N)=O)C(=O)NC2(C#N)CC2)nc2ccccc21. The molecule has 24 heavy (non-hydrogen) atoms. The largest absolute Gasteiger partial charge is 0.436 e. The van der Waals surface area contributed by atoms with Crippen LogP contribution < -0.4 is 11.1 Å². The topological polar surface area (TPSA) is 123 Å². The number of hydrogen-bond donors (Lipinski definition) is 2. The Bertz CT molecular complexity index is 847. The van der Waals surface area contributed by atoms with E-state index in [9.17, 15) is 9.59 Å². The number of nitrogens with zero attached hydrogens (tertiary/aromatic N) is 3. The van der Waals surface area contributed by atoms with E-state index in [1.807, 2.05) is 35.9 Å². The zero-order valence-electron chi connectivity index (χ0n) is 13.2. The van der Waals surface area contributed by atoms with Gasteiger partial charge in [0.2, 0.25) is 0 Å². The molecule has 3 rings (SSSR count). The van der Waals surface area contributed by atoms with Crippen molar-refractivity contribution >= 4 is 23.0 Å². The number of aromatic nitrogens is 2. The zero-order valence-corrected chi connectivity index (χ0v) is 13.2. The molecule has 0 bridgehead atoms. The standard InChI is InChI=1S/C16H17N5O3/c1-21-11-5-3-2-4-10(11)19-13(21)8-12(24-15(18)23)14(22)20-16(9-17)6-7-16/h2-5,12H,6-8H2,1H3,(H2,18,23)(H,20,22). The second kappa shape index (κ2) is 5.85. The number of nitrogens with two attached hydrogens (primary N) is 1. The van der Waals surface area contributed by atoms with Crippen molar-refractivity contribution < 1.29 is 14.3 Å². The number of primary amides is 1. The molecular formula is C16H17N5O3.